The van der Waals surface area contributed by atoms with Gasteiger partial charge in [-0.1, -0.05) is 41.0 Å². The topological polar surface area (TPSA) is 75.3 Å². The van der Waals surface area contributed by atoms with Crippen LogP contribution in [-0.2, 0) is 4.79 Å². The summed E-state index contributed by atoms with van der Waals surface area (Å²) in [7, 11) is 0. The molecule has 3 rings (SSSR count). The molecule has 0 atom stereocenters. The molecule has 10 heteroatoms. The number of piperazine rings is 1. The van der Waals surface area contributed by atoms with E-state index in [1.165, 1.54) is 18.0 Å². The van der Waals surface area contributed by atoms with Crippen molar-refractivity contribution in [3.8, 4) is 0 Å². The van der Waals surface area contributed by atoms with Crippen LogP contribution in [0.1, 0.15) is 0 Å². The van der Waals surface area contributed by atoms with Crippen LogP contribution in [0, 0.1) is 0 Å². The molecular formula is C15H14Cl2FmN5OS-. The van der Waals surface area contributed by atoms with Gasteiger partial charge in [0.25, 0.3) is 0 Å². The van der Waals surface area contributed by atoms with Crippen molar-refractivity contribution in [3.63, 3.8) is 0 Å². The first kappa shape index (κ1) is 18.6. The van der Waals surface area contributed by atoms with Gasteiger partial charge in [0.2, 0.25) is 0 Å². The monoisotopic (exact) mass is 639 g/mol. The fourth-order valence-electron chi connectivity index (χ4n) is 2.41. The molecule has 6 nitrogen and oxygen atoms in total. The molecule has 1 aromatic carbocycles. The average molecular weight is 640 g/mol. The average Bonchev–Trinajstić information content (AvgIpc) is 2.59. The van der Waals surface area contributed by atoms with E-state index in [0.29, 0.717) is 36.2 Å². The van der Waals surface area contributed by atoms with Gasteiger partial charge < -0.3 is 20.3 Å². The van der Waals surface area contributed by atoms with Crippen LogP contribution in [0.2, 0.25) is 10.2 Å². The number of amides is 1. The molecule has 2 heterocycles. The molecule has 0 saturated carbocycles. The van der Waals surface area contributed by atoms with E-state index in [0.717, 1.165) is 10.6 Å². The maximum Gasteiger partial charge on any atom is 0.158 e. The van der Waals surface area contributed by atoms with Gasteiger partial charge in [0.1, 0.15) is 10.2 Å². The molecular weight excluding hydrogens is 626 g/mol. The largest absolute Gasteiger partial charge is 0.520 e. The number of hydrogen-bond donors (Lipinski definition) is 1. The van der Waals surface area contributed by atoms with Gasteiger partial charge in [-0.3, -0.25) is 0 Å². The van der Waals surface area contributed by atoms with Crippen LogP contribution >= 0.6 is 35.0 Å². The molecule has 2 aromatic rings. The Hall–Kier alpha value is -2.70. The molecule has 0 aliphatic carbocycles. The van der Waals surface area contributed by atoms with E-state index in [1.807, 2.05) is 24.6 Å². The van der Waals surface area contributed by atoms with Crippen molar-refractivity contribution in [1.29, 1.82) is 0 Å². The summed E-state index contributed by atoms with van der Waals surface area (Å²) in [5.74, 6) is 0.268. The summed E-state index contributed by atoms with van der Waals surface area (Å²) in [6, 6.07) is 5.80. The van der Waals surface area contributed by atoms with E-state index >= 15 is 0 Å². The van der Waals surface area contributed by atoms with E-state index in [2.05, 4.69) is 14.9 Å². The number of hydrogen-bond acceptors (Lipinski definition) is 6. The number of carbonyl (C=O) groups excluding carboxylic acids is 1. The zero-order chi connectivity index (χ0) is 17.1. The smallest absolute Gasteiger partial charge is 0.158 e. The van der Waals surface area contributed by atoms with Crippen LogP contribution < -0.4 is 10.6 Å². The maximum atomic E-state index is 10.7. The van der Waals surface area contributed by atoms with Crippen LogP contribution in [0.3, 0.4) is 0 Å². The summed E-state index contributed by atoms with van der Waals surface area (Å²) in [4.78, 5) is 23.5. The van der Waals surface area contributed by atoms with E-state index in [9.17, 15) is 4.79 Å². The molecule has 1 aromatic heterocycles. The van der Waals surface area contributed by atoms with Crippen molar-refractivity contribution in [3.05, 3.63) is 34.6 Å². The number of nitrogen functional groups attached to an aromatic ring is 1. The standard InChI is InChI=1S/C15H14Cl2N5OS.Fm/c16-12-8-19-15(14(18)20-12)24-11-3-1-2-10(13(11)17)22-6-4-21(9-23)5-7-22;/h1-3,8H,4-7H2,(H2,18,20);/q-1;. The summed E-state index contributed by atoms with van der Waals surface area (Å²) in [5, 5.41) is 1.43. The number of aromatic nitrogens is 2. The SMILES string of the molecule is Nc1nc(Cl)cnc1Sc1cccc(N2CCN([C-]=O)CC2)c1Cl.[Fm]. The van der Waals surface area contributed by atoms with Crippen molar-refractivity contribution in [2.24, 2.45) is 0 Å². The molecule has 2 N–H and O–H groups in total. The summed E-state index contributed by atoms with van der Waals surface area (Å²) < 4.78 is 0. The Morgan fingerprint density at radius 3 is 2.56 bits per heavy atom. The summed E-state index contributed by atoms with van der Waals surface area (Å²) in [6.07, 6.45) is 3.38. The first-order valence-electron chi connectivity index (χ1n) is 7.20. The first-order valence-corrected chi connectivity index (χ1v) is 8.78. The van der Waals surface area contributed by atoms with Crippen LogP contribution in [0.5, 0.6) is 0 Å². The molecule has 1 aliphatic rings. The zero-order valence-corrected chi connectivity index (χ0v) is 17.6. The van der Waals surface area contributed by atoms with Gasteiger partial charge >= 0.3 is 0 Å². The molecule has 0 radical (unpaired) electrons. The molecule has 1 amide bonds. The van der Waals surface area contributed by atoms with Gasteiger partial charge in [-0.25, -0.2) is 9.97 Å². The molecule has 1 fully saturated rings. The van der Waals surface area contributed by atoms with Crippen LogP contribution in [-0.4, -0.2) is 47.5 Å². The van der Waals surface area contributed by atoms with Gasteiger partial charge in [0, 0.05) is 31.1 Å². The van der Waals surface area contributed by atoms with Crippen molar-refractivity contribution in [2.45, 2.75) is 9.92 Å². The van der Waals surface area contributed by atoms with Crippen LogP contribution in [0.4, 0.5) is 11.5 Å². The normalized spacial score (nSPS) is 14.2. The number of rotatable bonds is 4. The minimum absolute atomic E-state index is 0. The van der Waals surface area contributed by atoms with Crippen molar-refractivity contribution in [2.75, 3.05) is 36.8 Å². The van der Waals surface area contributed by atoms with Crippen LogP contribution in [0.15, 0.2) is 34.3 Å². The van der Waals surface area contributed by atoms with Crippen LogP contribution in [0.25, 0.3) is 0 Å². The minimum atomic E-state index is 0. The zero-order valence-electron chi connectivity index (χ0n) is 12.9. The van der Waals surface area contributed by atoms with E-state index in [-0.39, 0.29) is 11.0 Å². The summed E-state index contributed by atoms with van der Waals surface area (Å²) in [6.45, 7) is 2.69. The quantitative estimate of drug-likeness (QED) is 0.519. The molecule has 0 unspecified atom stereocenters. The number of halogens is 2. The fourth-order valence-corrected chi connectivity index (χ4v) is 3.72. The second-order valence-corrected chi connectivity index (χ2v) is 6.94. The summed E-state index contributed by atoms with van der Waals surface area (Å²) in [5.41, 5.74) is 6.78. The van der Waals surface area contributed by atoms with Gasteiger partial charge in [-0.05, 0) is 12.1 Å². The second-order valence-electron chi connectivity index (χ2n) is 5.14. The van der Waals surface area contributed by atoms with Crippen molar-refractivity contribution in [1.82, 2.24) is 14.9 Å². The second kappa shape index (κ2) is 7.92. The number of anilines is 2. The van der Waals surface area contributed by atoms with E-state index in [4.69, 9.17) is 28.9 Å². The molecule has 0 bridgehead atoms. The molecule has 0 spiro atoms. The fraction of sp³-hybridized carbons (Fsp3) is 0.267. The number of benzene rings is 1. The third kappa shape index (κ3) is 4.04. The van der Waals surface area contributed by atoms with Gasteiger partial charge in [-0.15, -0.1) is 0 Å². The third-order valence-corrected chi connectivity index (χ3v) is 5.39. The Kier molecular flexibility index (Phi) is 5.90. The predicted octanol–water partition coefficient (Wildman–Crippen LogP) is 2.71. The van der Waals surface area contributed by atoms with E-state index < -0.39 is 0 Å². The van der Waals surface area contributed by atoms with E-state index in [1.54, 1.807) is 4.90 Å². The maximum absolute atomic E-state index is 10.7. The minimum Gasteiger partial charge on any atom is -0.520 e. The van der Waals surface area contributed by atoms with Crippen molar-refractivity contribution >= 4 is 52.9 Å². The molecule has 25 heavy (non-hydrogen) atoms. The molecule has 1 aliphatic heterocycles. The van der Waals surface area contributed by atoms with Gasteiger partial charge in [0.05, 0.1) is 16.9 Å². The Bertz CT molecular complexity index is 759. The Labute approximate surface area is 153 Å². The molecule has 138 valence electrons. The van der Waals surface area contributed by atoms with Gasteiger partial charge in [-0.2, -0.15) is 6.41 Å². The number of nitrogens with two attached hydrogens (primary N) is 1. The predicted molar refractivity (Wildman–Crippen MR) is 96.5 cm³/mol. The Balaban J connectivity index is 0.00000225. The Morgan fingerprint density at radius 1 is 1.20 bits per heavy atom. The Morgan fingerprint density at radius 2 is 1.92 bits per heavy atom. The van der Waals surface area contributed by atoms with Gasteiger partial charge in [0.15, 0.2) is 5.82 Å². The third-order valence-electron chi connectivity index (χ3n) is 3.63. The molecule has 1 saturated heterocycles. The number of nitrogens with zero attached hydrogens (tertiary/aromatic N) is 4. The van der Waals surface area contributed by atoms with Crippen molar-refractivity contribution < 1.29 is 4.79 Å². The summed E-state index contributed by atoms with van der Waals surface area (Å²) >= 11 is 13.7. The first-order chi connectivity index (χ1) is 11.6.